The zero-order valence-electron chi connectivity index (χ0n) is 12.2. The van der Waals surface area contributed by atoms with E-state index < -0.39 is 5.91 Å². The van der Waals surface area contributed by atoms with Crippen LogP contribution in [0, 0.1) is 13.8 Å². The molecule has 0 aliphatic rings. The van der Waals surface area contributed by atoms with Gasteiger partial charge in [0, 0.05) is 0 Å². The first-order chi connectivity index (χ1) is 9.95. The number of nitrogens with two attached hydrogens (primary N) is 1. The van der Waals surface area contributed by atoms with Crippen molar-refractivity contribution < 1.29 is 14.6 Å². The highest BCUT2D eigenvalue weighted by Gasteiger charge is 2.17. The molecule has 0 aliphatic carbocycles. The number of amides is 1. The predicted octanol–water partition coefficient (Wildman–Crippen LogP) is 2.85. The lowest BCUT2D eigenvalue weighted by Gasteiger charge is -2.14. The molecule has 2 rings (SSSR count). The van der Waals surface area contributed by atoms with Gasteiger partial charge in [-0.3, -0.25) is 4.79 Å². The van der Waals surface area contributed by atoms with Gasteiger partial charge in [-0.25, -0.2) is 0 Å². The summed E-state index contributed by atoms with van der Waals surface area (Å²) in [6.07, 6.45) is 0. The molecule has 0 unspecified atom stereocenters. The fraction of sp³-hybridized carbons (Fsp3) is 0.188. The number of phenols is 1. The van der Waals surface area contributed by atoms with Crippen molar-refractivity contribution in [2.45, 2.75) is 13.8 Å². The Kier molecular flexibility index (Phi) is 4.03. The second-order valence-corrected chi connectivity index (χ2v) is 4.78. The third kappa shape index (κ3) is 2.76. The molecule has 0 atom stereocenters. The summed E-state index contributed by atoms with van der Waals surface area (Å²) in [4.78, 5) is 12.3. The maximum atomic E-state index is 12.3. The number of anilines is 2. The van der Waals surface area contributed by atoms with Crippen LogP contribution in [-0.2, 0) is 0 Å². The molecule has 0 heterocycles. The molecule has 4 N–H and O–H groups in total. The number of carbonyl (C=O) groups excluding carboxylic acids is 1. The van der Waals surface area contributed by atoms with Gasteiger partial charge in [0.25, 0.3) is 5.91 Å². The number of methoxy groups -OCH3 is 1. The summed E-state index contributed by atoms with van der Waals surface area (Å²) >= 11 is 0. The largest absolute Gasteiger partial charge is 0.504 e. The normalized spacial score (nSPS) is 10.2. The van der Waals surface area contributed by atoms with Crippen molar-refractivity contribution in [2.24, 2.45) is 0 Å². The third-order valence-electron chi connectivity index (χ3n) is 3.47. The highest BCUT2D eigenvalue weighted by molar-refractivity contribution is 6.08. The monoisotopic (exact) mass is 286 g/mol. The maximum absolute atomic E-state index is 12.3. The van der Waals surface area contributed by atoms with Crippen LogP contribution in [0.4, 0.5) is 11.4 Å². The molecule has 110 valence electrons. The highest BCUT2D eigenvalue weighted by Crippen LogP contribution is 2.31. The van der Waals surface area contributed by atoms with E-state index in [1.165, 1.54) is 13.2 Å². The Morgan fingerprint density at radius 1 is 1.24 bits per heavy atom. The van der Waals surface area contributed by atoms with Crippen LogP contribution in [0.2, 0.25) is 0 Å². The molecule has 0 fully saturated rings. The molecular formula is C16H18N2O3. The number of nitrogen functional groups attached to an aromatic ring is 1. The number of carbonyl (C=O) groups is 1. The molecule has 0 saturated heterocycles. The van der Waals surface area contributed by atoms with Gasteiger partial charge < -0.3 is 20.9 Å². The summed E-state index contributed by atoms with van der Waals surface area (Å²) in [5.41, 5.74) is 9.00. The van der Waals surface area contributed by atoms with E-state index in [1.807, 2.05) is 19.9 Å². The lowest BCUT2D eigenvalue weighted by Crippen LogP contribution is -2.15. The fourth-order valence-corrected chi connectivity index (χ4v) is 2.05. The SMILES string of the molecule is COc1cccc(C(=O)Nc2c(N)ccc(C)c2C)c1O. The van der Waals surface area contributed by atoms with Crippen molar-refractivity contribution in [3.05, 3.63) is 47.0 Å². The molecule has 5 nitrogen and oxygen atoms in total. The first kappa shape index (κ1) is 14.7. The van der Waals surface area contributed by atoms with E-state index in [9.17, 15) is 9.90 Å². The van der Waals surface area contributed by atoms with Crippen LogP contribution < -0.4 is 15.8 Å². The lowest BCUT2D eigenvalue weighted by molar-refractivity contribution is 0.102. The first-order valence-corrected chi connectivity index (χ1v) is 6.48. The van der Waals surface area contributed by atoms with Crippen LogP contribution in [0.5, 0.6) is 11.5 Å². The summed E-state index contributed by atoms with van der Waals surface area (Å²) in [5, 5.41) is 12.8. The minimum absolute atomic E-state index is 0.134. The minimum atomic E-state index is -0.438. The van der Waals surface area contributed by atoms with E-state index in [2.05, 4.69) is 5.32 Å². The van der Waals surface area contributed by atoms with Gasteiger partial charge in [-0.15, -0.1) is 0 Å². The van der Waals surface area contributed by atoms with Crippen molar-refractivity contribution in [3.8, 4) is 11.5 Å². The Hall–Kier alpha value is -2.69. The molecule has 2 aromatic rings. The number of hydrogen-bond donors (Lipinski definition) is 3. The van der Waals surface area contributed by atoms with Gasteiger partial charge in [0.2, 0.25) is 0 Å². The number of rotatable bonds is 3. The standard InChI is InChI=1S/C16H18N2O3/c1-9-7-8-12(17)14(10(9)2)18-16(20)11-5-4-6-13(21-3)15(11)19/h4-8,19H,17H2,1-3H3,(H,18,20). The van der Waals surface area contributed by atoms with Gasteiger partial charge in [-0.05, 0) is 43.2 Å². The smallest absolute Gasteiger partial charge is 0.259 e. The van der Waals surface area contributed by atoms with E-state index in [0.717, 1.165) is 11.1 Å². The number of benzene rings is 2. The molecule has 2 aromatic carbocycles. The van der Waals surface area contributed by atoms with Gasteiger partial charge >= 0.3 is 0 Å². The number of para-hydroxylation sites is 1. The molecular weight excluding hydrogens is 268 g/mol. The van der Waals surface area contributed by atoms with E-state index in [4.69, 9.17) is 10.5 Å². The molecule has 0 aliphatic heterocycles. The van der Waals surface area contributed by atoms with Crippen LogP contribution in [0.1, 0.15) is 21.5 Å². The van der Waals surface area contributed by atoms with E-state index in [-0.39, 0.29) is 17.1 Å². The van der Waals surface area contributed by atoms with Crippen molar-refractivity contribution in [1.29, 1.82) is 0 Å². The van der Waals surface area contributed by atoms with Crippen LogP contribution in [0.15, 0.2) is 30.3 Å². The summed E-state index contributed by atoms with van der Waals surface area (Å²) < 4.78 is 5.00. The van der Waals surface area contributed by atoms with E-state index in [0.29, 0.717) is 11.4 Å². The van der Waals surface area contributed by atoms with Gasteiger partial charge in [-0.2, -0.15) is 0 Å². The Labute approximate surface area is 123 Å². The van der Waals surface area contributed by atoms with Crippen molar-refractivity contribution in [2.75, 3.05) is 18.2 Å². The highest BCUT2D eigenvalue weighted by atomic mass is 16.5. The topological polar surface area (TPSA) is 84.6 Å². The Morgan fingerprint density at radius 3 is 2.62 bits per heavy atom. The molecule has 0 saturated carbocycles. The molecule has 0 bridgehead atoms. The zero-order chi connectivity index (χ0) is 15.6. The number of aryl methyl sites for hydroxylation is 1. The third-order valence-corrected chi connectivity index (χ3v) is 3.47. The zero-order valence-corrected chi connectivity index (χ0v) is 12.2. The van der Waals surface area contributed by atoms with Crippen LogP contribution >= 0.6 is 0 Å². The fourth-order valence-electron chi connectivity index (χ4n) is 2.05. The molecule has 1 amide bonds. The van der Waals surface area contributed by atoms with Crippen molar-refractivity contribution >= 4 is 17.3 Å². The molecule has 5 heteroatoms. The van der Waals surface area contributed by atoms with Crippen molar-refractivity contribution in [1.82, 2.24) is 0 Å². The van der Waals surface area contributed by atoms with Gasteiger partial charge in [0.05, 0.1) is 24.0 Å². The van der Waals surface area contributed by atoms with Gasteiger partial charge in [0.15, 0.2) is 11.5 Å². The van der Waals surface area contributed by atoms with Gasteiger partial charge in [-0.1, -0.05) is 12.1 Å². The Morgan fingerprint density at radius 2 is 1.95 bits per heavy atom. The first-order valence-electron chi connectivity index (χ1n) is 6.48. The molecule has 21 heavy (non-hydrogen) atoms. The molecule has 0 radical (unpaired) electrons. The second-order valence-electron chi connectivity index (χ2n) is 4.78. The Bertz CT molecular complexity index is 696. The average Bonchev–Trinajstić information content (AvgIpc) is 2.47. The lowest BCUT2D eigenvalue weighted by atomic mass is 10.1. The quantitative estimate of drug-likeness (QED) is 0.757. The van der Waals surface area contributed by atoms with E-state index in [1.54, 1.807) is 18.2 Å². The van der Waals surface area contributed by atoms with E-state index >= 15 is 0 Å². The van der Waals surface area contributed by atoms with Crippen LogP contribution in [-0.4, -0.2) is 18.1 Å². The number of ether oxygens (including phenoxy) is 1. The number of hydrogen-bond acceptors (Lipinski definition) is 4. The molecule has 0 spiro atoms. The summed E-state index contributed by atoms with van der Waals surface area (Å²) in [6, 6.07) is 8.37. The molecule has 0 aromatic heterocycles. The summed E-state index contributed by atoms with van der Waals surface area (Å²) in [7, 11) is 1.43. The predicted molar refractivity (Wildman–Crippen MR) is 82.9 cm³/mol. The summed E-state index contributed by atoms with van der Waals surface area (Å²) in [5.74, 6) is -0.384. The number of phenolic OH excluding ortho intramolecular Hbond substituents is 1. The van der Waals surface area contributed by atoms with Crippen molar-refractivity contribution in [3.63, 3.8) is 0 Å². The minimum Gasteiger partial charge on any atom is -0.504 e. The number of aromatic hydroxyl groups is 1. The van der Waals surface area contributed by atoms with Gasteiger partial charge in [0.1, 0.15) is 0 Å². The number of nitrogens with one attached hydrogen (secondary N) is 1. The second kappa shape index (κ2) is 5.75. The van der Waals surface area contributed by atoms with Crippen LogP contribution in [0.3, 0.4) is 0 Å². The maximum Gasteiger partial charge on any atom is 0.259 e. The average molecular weight is 286 g/mol. The Balaban J connectivity index is 2.38. The van der Waals surface area contributed by atoms with Crippen LogP contribution in [0.25, 0.3) is 0 Å². The summed E-state index contributed by atoms with van der Waals surface area (Å²) in [6.45, 7) is 3.82.